The van der Waals surface area contributed by atoms with E-state index in [9.17, 15) is 4.79 Å². The van der Waals surface area contributed by atoms with Crippen molar-refractivity contribution in [2.75, 3.05) is 5.75 Å². The predicted octanol–water partition coefficient (Wildman–Crippen LogP) is 2.50. The molecule has 13 heavy (non-hydrogen) atoms. The molecule has 0 unspecified atom stereocenters. The van der Waals surface area contributed by atoms with Crippen LogP contribution in [0.25, 0.3) is 6.08 Å². The van der Waals surface area contributed by atoms with Gasteiger partial charge in [-0.2, -0.15) is 0 Å². The Hall–Kier alpha value is -1.22. The smallest absolute Gasteiger partial charge is 0.335 e. The fourth-order valence-electron chi connectivity index (χ4n) is 1.24. The van der Waals surface area contributed by atoms with Crippen LogP contribution in [0.15, 0.2) is 29.2 Å². The molecule has 1 aliphatic heterocycles. The first kappa shape index (κ1) is 8.38. The zero-order valence-electron chi connectivity index (χ0n) is 6.86. The molecule has 2 rings (SSSR count). The number of benzene rings is 1. The van der Waals surface area contributed by atoms with Crippen LogP contribution >= 0.6 is 11.8 Å². The summed E-state index contributed by atoms with van der Waals surface area (Å²) in [7, 11) is 0. The Balaban J connectivity index is 2.48. The van der Waals surface area contributed by atoms with E-state index in [2.05, 4.69) is 6.08 Å². The SMILES string of the molecule is O=C(O)c1ccc2c(c1)SCC=C2. The first-order chi connectivity index (χ1) is 6.27. The highest BCUT2D eigenvalue weighted by molar-refractivity contribution is 7.99. The Morgan fingerprint density at radius 2 is 2.31 bits per heavy atom. The van der Waals surface area contributed by atoms with E-state index in [1.807, 2.05) is 12.1 Å². The van der Waals surface area contributed by atoms with Crippen molar-refractivity contribution in [1.82, 2.24) is 0 Å². The molecular weight excluding hydrogens is 184 g/mol. The van der Waals surface area contributed by atoms with Gasteiger partial charge in [0.1, 0.15) is 0 Å². The number of carboxylic acid groups (broad SMARTS) is 1. The third-order valence-corrected chi connectivity index (χ3v) is 2.92. The number of hydrogen-bond donors (Lipinski definition) is 1. The van der Waals surface area contributed by atoms with Gasteiger partial charge in [0.05, 0.1) is 5.56 Å². The van der Waals surface area contributed by atoms with Crippen LogP contribution in [0, 0.1) is 0 Å². The van der Waals surface area contributed by atoms with Gasteiger partial charge in [0.2, 0.25) is 0 Å². The summed E-state index contributed by atoms with van der Waals surface area (Å²) in [6.07, 6.45) is 4.10. The molecule has 0 amide bonds. The van der Waals surface area contributed by atoms with Gasteiger partial charge in [-0.05, 0) is 17.7 Å². The molecule has 66 valence electrons. The summed E-state index contributed by atoms with van der Waals surface area (Å²) in [5.41, 5.74) is 1.47. The Kier molecular flexibility index (Phi) is 2.10. The van der Waals surface area contributed by atoms with E-state index in [4.69, 9.17) is 5.11 Å². The topological polar surface area (TPSA) is 37.3 Å². The third-order valence-electron chi connectivity index (χ3n) is 1.89. The minimum absolute atomic E-state index is 0.363. The van der Waals surface area contributed by atoms with Crippen molar-refractivity contribution >= 4 is 23.8 Å². The van der Waals surface area contributed by atoms with Gasteiger partial charge in [-0.1, -0.05) is 18.2 Å². The van der Waals surface area contributed by atoms with Crippen molar-refractivity contribution in [2.45, 2.75) is 4.90 Å². The maximum absolute atomic E-state index is 10.7. The highest BCUT2D eigenvalue weighted by Crippen LogP contribution is 2.29. The summed E-state index contributed by atoms with van der Waals surface area (Å²) in [5, 5.41) is 8.76. The van der Waals surface area contributed by atoms with Crippen LogP contribution in [0.1, 0.15) is 15.9 Å². The van der Waals surface area contributed by atoms with E-state index < -0.39 is 5.97 Å². The molecule has 0 aromatic heterocycles. The number of hydrogen-bond acceptors (Lipinski definition) is 2. The van der Waals surface area contributed by atoms with Gasteiger partial charge in [0.25, 0.3) is 0 Å². The van der Waals surface area contributed by atoms with Gasteiger partial charge >= 0.3 is 5.97 Å². The molecule has 0 atom stereocenters. The number of carbonyl (C=O) groups is 1. The Morgan fingerprint density at radius 1 is 1.46 bits per heavy atom. The van der Waals surface area contributed by atoms with Gasteiger partial charge in [0, 0.05) is 10.6 Å². The quantitative estimate of drug-likeness (QED) is 0.742. The lowest BCUT2D eigenvalue weighted by atomic mass is 10.1. The molecule has 1 N–H and O–H groups in total. The molecule has 0 radical (unpaired) electrons. The molecule has 1 aliphatic rings. The summed E-state index contributed by atoms with van der Waals surface area (Å²) in [6, 6.07) is 5.21. The lowest BCUT2D eigenvalue weighted by molar-refractivity contribution is 0.0696. The fraction of sp³-hybridized carbons (Fsp3) is 0.100. The lowest BCUT2D eigenvalue weighted by Crippen LogP contribution is -1.97. The summed E-state index contributed by atoms with van der Waals surface area (Å²) in [4.78, 5) is 11.7. The summed E-state index contributed by atoms with van der Waals surface area (Å²) < 4.78 is 0. The highest BCUT2D eigenvalue weighted by Gasteiger charge is 2.08. The largest absolute Gasteiger partial charge is 0.478 e. The van der Waals surface area contributed by atoms with E-state index >= 15 is 0 Å². The molecule has 1 aromatic rings. The predicted molar refractivity (Wildman–Crippen MR) is 53.2 cm³/mol. The zero-order valence-corrected chi connectivity index (χ0v) is 7.67. The van der Waals surface area contributed by atoms with E-state index in [-0.39, 0.29) is 0 Å². The van der Waals surface area contributed by atoms with Crippen LogP contribution in [-0.2, 0) is 0 Å². The van der Waals surface area contributed by atoms with Crippen LogP contribution in [0.2, 0.25) is 0 Å². The first-order valence-corrected chi connectivity index (χ1v) is 4.92. The normalized spacial score (nSPS) is 13.8. The number of aromatic carboxylic acids is 1. The summed E-state index contributed by atoms with van der Waals surface area (Å²) in [5.74, 6) is 0.0637. The number of rotatable bonds is 1. The summed E-state index contributed by atoms with van der Waals surface area (Å²) >= 11 is 1.67. The van der Waals surface area contributed by atoms with Gasteiger partial charge in [0.15, 0.2) is 0 Å². The maximum atomic E-state index is 10.7. The maximum Gasteiger partial charge on any atom is 0.335 e. The lowest BCUT2D eigenvalue weighted by Gasteiger charge is -2.09. The second-order valence-electron chi connectivity index (χ2n) is 2.77. The van der Waals surface area contributed by atoms with Crippen LogP contribution in [0.3, 0.4) is 0 Å². The molecule has 1 heterocycles. The van der Waals surface area contributed by atoms with Crippen LogP contribution in [0.4, 0.5) is 0 Å². The number of carboxylic acids is 1. The minimum Gasteiger partial charge on any atom is -0.478 e. The average Bonchev–Trinajstić information content (AvgIpc) is 2.17. The molecule has 0 saturated heterocycles. The van der Waals surface area contributed by atoms with Crippen molar-refractivity contribution in [3.8, 4) is 0 Å². The molecule has 2 nitrogen and oxygen atoms in total. The molecular formula is C10H8O2S. The van der Waals surface area contributed by atoms with Gasteiger partial charge in [-0.25, -0.2) is 4.79 Å². The Morgan fingerprint density at radius 3 is 3.08 bits per heavy atom. The van der Waals surface area contributed by atoms with Crippen molar-refractivity contribution in [3.63, 3.8) is 0 Å². The number of thioether (sulfide) groups is 1. The van der Waals surface area contributed by atoms with Crippen LogP contribution < -0.4 is 0 Å². The Labute approximate surface area is 80.3 Å². The van der Waals surface area contributed by atoms with Gasteiger partial charge < -0.3 is 5.11 Å². The Bertz CT molecular complexity index is 383. The molecule has 0 bridgehead atoms. The van der Waals surface area contributed by atoms with Crippen molar-refractivity contribution < 1.29 is 9.90 Å². The minimum atomic E-state index is -0.863. The molecule has 0 aliphatic carbocycles. The van der Waals surface area contributed by atoms with E-state index in [1.54, 1.807) is 23.9 Å². The standard InChI is InChI=1S/C10H8O2S/c11-10(12)8-4-3-7-2-1-5-13-9(7)6-8/h1-4,6H,5H2,(H,11,12). The van der Waals surface area contributed by atoms with Crippen molar-refractivity contribution in [3.05, 3.63) is 35.4 Å². The fourth-order valence-corrected chi connectivity index (χ4v) is 2.13. The third kappa shape index (κ3) is 1.60. The van der Waals surface area contributed by atoms with E-state index in [0.29, 0.717) is 5.56 Å². The second kappa shape index (κ2) is 3.26. The van der Waals surface area contributed by atoms with Crippen LogP contribution in [-0.4, -0.2) is 16.8 Å². The summed E-state index contributed by atoms with van der Waals surface area (Å²) in [6.45, 7) is 0. The monoisotopic (exact) mass is 192 g/mol. The molecule has 0 fully saturated rings. The first-order valence-electron chi connectivity index (χ1n) is 3.94. The van der Waals surface area contributed by atoms with E-state index in [0.717, 1.165) is 16.2 Å². The van der Waals surface area contributed by atoms with Gasteiger partial charge in [-0.3, -0.25) is 0 Å². The molecule has 0 saturated carbocycles. The zero-order chi connectivity index (χ0) is 9.26. The van der Waals surface area contributed by atoms with Crippen LogP contribution in [0.5, 0.6) is 0 Å². The average molecular weight is 192 g/mol. The second-order valence-corrected chi connectivity index (χ2v) is 3.83. The van der Waals surface area contributed by atoms with E-state index in [1.165, 1.54) is 0 Å². The highest BCUT2D eigenvalue weighted by atomic mass is 32.2. The van der Waals surface area contributed by atoms with Crippen molar-refractivity contribution in [1.29, 1.82) is 0 Å². The molecule has 0 spiro atoms. The molecule has 3 heteroatoms. The number of fused-ring (bicyclic) bond motifs is 1. The van der Waals surface area contributed by atoms with Gasteiger partial charge in [-0.15, -0.1) is 11.8 Å². The molecule has 1 aromatic carbocycles. The van der Waals surface area contributed by atoms with Crippen molar-refractivity contribution in [2.24, 2.45) is 0 Å².